The molecular formula is C19H24N4O. The molecule has 0 bridgehead atoms. The number of ether oxygens (including phenoxy) is 1. The van der Waals surface area contributed by atoms with E-state index < -0.39 is 0 Å². The molecule has 5 heteroatoms. The highest BCUT2D eigenvalue weighted by molar-refractivity contribution is 5.52. The van der Waals surface area contributed by atoms with E-state index in [0.717, 1.165) is 49.3 Å². The lowest BCUT2D eigenvalue weighted by Crippen LogP contribution is -2.31. The Balaban J connectivity index is 1.61. The van der Waals surface area contributed by atoms with Crippen molar-refractivity contribution in [2.45, 2.75) is 38.6 Å². The molecule has 4 rings (SSSR count). The van der Waals surface area contributed by atoms with Gasteiger partial charge >= 0.3 is 0 Å². The largest absolute Gasteiger partial charge is 0.497 e. The van der Waals surface area contributed by atoms with Gasteiger partial charge in [-0.15, -0.1) is 0 Å². The van der Waals surface area contributed by atoms with Crippen LogP contribution in [0, 0.1) is 0 Å². The molecule has 1 aliphatic carbocycles. The number of rotatable bonds is 5. The molecule has 1 aromatic carbocycles. The second-order valence-corrected chi connectivity index (χ2v) is 6.58. The second kappa shape index (κ2) is 6.30. The quantitative estimate of drug-likeness (QED) is 0.914. The van der Waals surface area contributed by atoms with Crippen LogP contribution in [0.25, 0.3) is 0 Å². The van der Waals surface area contributed by atoms with E-state index in [1.807, 2.05) is 6.07 Å². The van der Waals surface area contributed by atoms with Crippen LogP contribution in [-0.4, -0.2) is 30.2 Å². The number of hydrogen-bond donors (Lipinski definition) is 1. The van der Waals surface area contributed by atoms with Crippen LogP contribution in [0.5, 0.6) is 5.75 Å². The Morgan fingerprint density at radius 3 is 2.83 bits per heavy atom. The highest BCUT2D eigenvalue weighted by Gasteiger charge is 2.28. The summed E-state index contributed by atoms with van der Waals surface area (Å²) < 4.78 is 5.34. The first-order valence-electron chi connectivity index (χ1n) is 8.80. The fourth-order valence-electron chi connectivity index (χ4n) is 3.26. The van der Waals surface area contributed by atoms with Crippen molar-refractivity contribution in [3.8, 4) is 5.75 Å². The summed E-state index contributed by atoms with van der Waals surface area (Å²) in [5.41, 5.74) is 2.74. The van der Waals surface area contributed by atoms with Crippen LogP contribution in [0.3, 0.4) is 0 Å². The third kappa shape index (κ3) is 3.03. The zero-order chi connectivity index (χ0) is 16.5. The minimum Gasteiger partial charge on any atom is -0.497 e. The summed E-state index contributed by atoms with van der Waals surface area (Å²) in [6.07, 6.45) is 3.46. The molecule has 2 aromatic rings. The SMILES string of the molecule is CCNc1cc(N2CCc3cc(OC)ccc3C2)nc(C2CC2)n1. The Morgan fingerprint density at radius 2 is 2.08 bits per heavy atom. The zero-order valence-electron chi connectivity index (χ0n) is 14.4. The lowest BCUT2D eigenvalue weighted by Gasteiger charge is -2.30. The van der Waals surface area contributed by atoms with E-state index in [9.17, 15) is 0 Å². The number of nitrogens with zero attached hydrogens (tertiary/aromatic N) is 3. The molecule has 0 spiro atoms. The number of fused-ring (bicyclic) bond motifs is 1. The van der Waals surface area contributed by atoms with Gasteiger partial charge in [0.1, 0.15) is 23.2 Å². The Bertz CT molecular complexity index is 742. The van der Waals surface area contributed by atoms with Gasteiger partial charge in [0, 0.05) is 31.6 Å². The van der Waals surface area contributed by atoms with Gasteiger partial charge in [-0.05, 0) is 49.4 Å². The molecule has 0 radical (unpaired) electrons. The highest BCUT2D eigenvalue weighted by Crippen LogP contribution is 2.39. The van der Waals surface area contributed by atoms with E-state index in [0.29, 0.717) is 5.92 Å². The summed E-state index contributed by atoms with van der Waals surface area (Å²) in [6.45, 7) is 4.85. The Labute approximate surface area is 143 Å². The van der Waals surface area contributed by atoms with Crippen molar-refractivity contribution in [2.24, 2.45) is 0 Å². The molecule has 1 N–H and O–H groups in total. The lowest BCUT2D eigenvalue weighted by molar-refractivity contribution is 0.413. The van der Waals surface area contributed by atoms with Gasteiger partial charge in [0.2, 0.25) is 0 Å². The smallest absolute Gasteiger partial charge is 0.136 e. The van der Waals surface area contributed by atoms with Crippen molar-refractivity contribution in [3.63, 3.8) is 0 Å². The van der Waals surface area contributed by atoms with Gasteiger partial charge in [0.15, 0.2) is 0 Å². The molecule has 0 saturated heterocycles. The molecule has 2 heterocycles. The van der Waals surface area contributed by atoms with Crippen molar-refractivity contribution in [1.29, 1.82) is 0 Å². The Kier molecular flexibility index (Phi) is 4.00. The first-order chi connectivity index (χ1) is 11.8. The predicted molar refractivity (Wildman–Crippen MR) is 95.9 cm³/mol. The third-order valence-corrected chi connectivity index (χ3v) is 4.78. The van der Waals surface area contributed by atoms with Gasteiger partial charge in [0.25, 0.3) is 0 Å². The highest BCUT2D eigenvalue weighted by atomic mass is 16.5. The van der Waals surface area contributed by atoms with Crippen LogP contribution < -0.4 is 15.0 Å². The Hall–Kier alpha value is -2.30. The summed E-state index contributed by atoms with van der Waals surface area (Å²) in [7, 11) is 1.72. The molecule has 1 saturated carbocycles. The molecule has 1 fully saturated rings. The number of anilines is 2. The maximum absolute atomic E-state index is 5.34. The average Bonchev–Trinajstić information content (AvgIpc) is 3.46. The zero-order valence-corrected chi connectivity index (χ0v) is 14.4. The average molecular weight is 324 g/mol. The van der Waals surface area contributed by atoms with Crippen molar-refractivity contribution in [2.75, 3.05) is 30.4 Å². The van der Waals surface area contributed by atoms with Gasteiger partial charge in [-0.3, -0.25) is 0 Å². The first-order valence-corrected chi connectivity index (χ1v) is 8.80. The van der Waals surface area contributed by atoms with Crippen LogP contribution >= 0.6 is 0 Å². The van der Waals surface area contributed by atoms with Crippen molar-refractivity contribution < 1.29 is 4.74 Å². The monoisotopic (exact) mass is 324 g/mol. The van der Waals surface area contributed by atoms with E-state index in [4.69, 9.17) is 9.72 Å². The molecule has 0 amide bonds. The maximum Gasteiger partial charge on any atom is 0.136 e. The summed E-state index contributed by atoms with van der Waals surface area (Å²) in [6, 6.07) is 8.47. The molecule has 5 nitrogen and oxygen atoms in total. The summed E-state index contributed by atoms with van der Waals surface area (Å²) >= 11 is 0. The fraction of sp³-hybridized carbons (Fsp3) is 0.474. The van der Waals surface area contributed by atoms with Gasteiger partial charge < -0.3 is 15.0 Å². The Morgan fingerprint density at radius 1 is 1.21 bits per heavy atom. The van der Waals surface area contributed by atoms with Crippen LogP contribution in [0.4, 0.5) is 11.6 Å². The van der Waals surface area contributed by atoms with Crippen molar-refractivity contribution in [1.82, 2.24) is 9.97 Å². The van der Waals surface area contributed by atoms with Crippen LogP contribution in [0.2, 0.25) is 0 Å². The maximum atomic E-state index is 5.34. The van der Waals surface area contributed by atoms with Gasteiger partial charge in [-0.2, -0.15) is 0 Å². The predicted octanol–water partition coefficient (Wildman–Crippen LogP) is 3.36. The van der Waals surface area contributed by atoms with E-state index in [1.54, 1.807) is 7.11 Å². The van der Waals surface area contributed by atoms with Crippen molar-refractivity contribution >= 4 is 11.6 Å². The summed E-state index contributed by atoms with van der Waals surface area (Å²) in [4.78, 5) is 11.9. The number of benzene rings is 1. The van der Waals surface area contributed by atoms with E-state index in [1.165, 1.54) is 24.0 Å². The molecular weight excluding hydrogens is 300 g/mol. The lowest BCUT2D eigenvalue weighted by atomic mass is 9.99. The fourth-order valence-corrected chi connectivity index (χ4v) is 3.26. The minimum absolute atomic E-state index is 0.559. The number of methoxy groups -OCH3 is 1. The van der Waals surface area contributed by atoms with Crippen LogP contribution in [0.15, 0.2) is 24.3 Å². The summed E-state index contributed by atoms with van der Waals surface area (Å²) in [5.74, 6) is 4.50. The minimum atomic E-state index is 0.559. The number of nitrogens with one attached hydrogen (secondary N) is 1. The van der Waals surface area contributed by atoms with E-state index in [-0.39, 0.29) is 0 Å². The normalized spacial score (nSPS) is 16.7. The summed E-state index contributed by atoms with van der Waals surface area (Å²) in [5, 5.41) is 3.35. The van der Waals surface area contributed by atoms with Gasteiger partial charge in [-0.25, -0.2) is 9.97 Å². The molecule has 0 unspecified atom stereocenters. The van der Waals surface area contributed by atoms with Gasteiger partial charge in [0.05, 0.1) is 7.11 Å². The number of hydrogen-bond acceptors (Lipinski definition) is 5. The standard InChI is InChI=1S/C19H24N4O/c1-3-20-17-11-18(22-19(21-17)13-4-5-13)23-9-8-14-10-16(24-2)7-6-15(14)12-23/h6-7,10-11,13H,3-5,8-9,12H2,1-2H3,(H,20,21,22). The molecule has 126 valence electrons. The van der Waals surface area contributed by atoms with Crippen LogP contribution in [0.1, 0.15) is 42.6 Å². The third-order valence-electron chi connectivity index (χ3n) is 4.78. The molecule has 24 heavy (non-hydrogen) atoms. The van der Waals surface area contributed by atoms with Gasteiger partial charge in [-0.1, -0.05) is 6.07 Å². The first kappa shape index (κ1) is 15.2. The van der Waals surface area contributed by atoms with Crippen LogP contribution in [-0.2, 0) is 13.0 Å². The van der Waals surface area contributed by atoms with E-state index >= 15 is 0 Å². The topological polar surface area (TPSA) is 50.3 Å². The molecule has 2 aliphatic rings. The van der Waals surface area contributed by atoms with Crippen molar-refractivity contribution in [3.05, 3.63) is 41.2 Å². The molecule has 0 atom stereocenters. The van der Waals surface area contributed by atoms with E-state index in [2.05, 4.69) is 40.3 Å². The second-order valence-electron chi connectivity index (χ2n) is 6.58. The molecule has 1 aromatic heterocycles. The molecule has 1 aliphatic heterocycles. The number of aromatic nitrogens is 2.